The zero-order valence-corrected chi connectivity index (χ0v) is 13.3. The first kappa shape index (κ1) is 15.0. The molecule has 0 spiro atoms. The van der Waals surface area contributed by atoms with Crippen molar-refractivity contribution < 1.29 is 9.53 Å². The number of carbonyl (C=O) groups is 1. The summed E-state index contributed by atoms with van der Waals surface area (Å²) in [5.74, 6) is 0.348. The normalized spacial score (nSPS) is 18.3. The van der Waals surface area contributed by atoms with Gasteiger partial charge in [-0.3, -0.25) is 4.79 Å². The molecule has 1 saturated heterocycles. The summed E-state index contributed by atoms with van der Waals surface area (Å²) in [6.07, 6.45) is 2.78. The van der Waals surface area contributed by atoms with Gasteiger partial charge < -0.3 is 10.1 Å². The Morgan fingerprint density at radius 3 is 3.05 bits per heavy atom. The Kier molecular flexibility index (Phi) is 4.11. The molecule has 1 N–H and O–H groups in total. The summed E-state index contributed by atoms with van der Waals surface area (Å²) in [6.45, 7) is 8.17. The Balaban J connectivity index is 1.80. The minimum atomic E-state index is -0.0731. The predicted octanol–water partition coefficient (Wildman–Crippen LogP) is 2.09. The number of carbonyl (C=O) groups excluding carboxylic acids is 1. The number of nitrogens with zero attached hydrogens (tertiary/aromatic N) is 3. The lowest BCUT2D eigenvalue weighted by Gasteiger charge is -2.11. The molecule has 118 valence electrons. The minimum Gasteiger partial charge on any atom is -0.381 e. The topological polar surface area (TPSA) is 69.0 Å². The molecule has 2 aromatic heterocycles. The minimum absolute atomic E-state index is 0.0731. The summed E-state index contributed by atoms with van der Waals surface area (Å²) in [7, 11) is 0. The maximum atomic E-state index is 12.4. The van der Waals surface area contributed by atoms with E-state index in [1.165, 1.54) is 0 Å². The molecule has 22 heavy (non-hydrogen) atoms. The monoisotopic (exact) mass is 302 g/mol. The number of nitrogens with one attached hydrogen (secondary N) is 1. The SMILES string of the molecule is Cc1nc2c(cnn2C(C)C)cc1C(=O)NCC1CCOC1. The summed E-state index contributed by atoms with van der Waals surface area (Å²) in [6, 6.07) is 2.12. The Labute approximate surface area is 129 Å². The highest BCUT2D eigenvalue weighted by atomic mass is 16.5. The van der Waals surface area contributed by atoms with Crippen LogP contribution in [0.15, 0.2) is 12.3 Å². The molecule has 1 atom stereocenters. The highest BCUT2D eigenvalue weighted by Crippen LogP contribution is 2.19. The molecular formula is C16H22N4O2. The fourth-order valence-corrected chi connectivity index (χ4v) is 2.75. The third kappa shape index (κ3) is 2.83. The highest BCUT2D eigenvalue weighted by Gasteiger charge is 2.19. The molecule has 3 rings (SSSR count). The van der Waals surface area contributed by atoms with Crippen LogP contribution < -0.4 is 5.32 Å². The van der Waals surface area contributed by atoms with Crippen LogP contribution in [0.3, 0.4) is 0 Å². The van der Waals surface area contributed by atoms with E-state index >= 15 is 0 Å². The smallest absolute Gasteiger partial charge is 0.253 e. The molecule has 2 aromatic rings. The van der Waals surface area contributed by atoms with Gasteiger partial charge in [-0.15, -0.1) is 0 Å². The lowest BCUT2D eigenvalue weighted by molar-refractivity contribution is 0.0944. The number of pyridine rings is 1. The van der Waals surface area contributed by atoms with Crippen molar-refractivity contribution >= 4 is 16.9 Å². The third-order valence-electron chi connectivity index (χ3n) is 4.07. The van der Waals surface area contributed by atoms with Gasteiger partial charge in [-0.05, 0) is 33.3 Å². The third-order valence-corrected chi connectivity index (χ3v) is 4.07. The van der Waals surface area contributed by atoms with Crippen LogP contribution in [0.25, 0.3) is 11.0 Å². The van der Waals surface area contributed by atoms with E-state index in [1.807, 2.05) is 17.7 Å². The first-order valence-corrected chi connectivity index (χ1v) is 7.77. The average molecular weight is 302 g/mol. The van der Waals surface area contributed by atoms with Gasteiger partial charge in [0.15, 0.2) is 5.65 Å². The number of fused-ring (bicyclic) bond motifs is 1. The molecule has 6 heteroatoms. The first-order chi connectivity index (χ1) is 10.6. The van der Waals surface area contributed by atoms with Crippen LogP contribution in [-0.4, -0.2) is 40.4 Å². The van der Waals surface area contributed by atoms with Crippen molar-refractivity contribution in [3.05, 3.63) is 23.5 Å². The molecule has 0 saturated carbocycles. The maximum Gasteiger partial charge on any atom is 0.253 e. The van der Waals surface area contributed by atoms with Crippen LogP contribution in [0.5, 0.6) is 0 Å². The van der Waals surface area contributed by atoms with E-state index < -0.39 is 0 Å². The van der Waals surface area contributed by atoms with E-state index in [1.54, 1.807) is 6.20 Å². The molecule has 6 nitrogen and oxygen atoms in total. The molecule has 1 amide bonds. The van der Waals surface area contributed by atoms with Crippen molar-refractivity contribution in [1.29, 1.82) is 0 Å². The van der Waals surface area contributed by atoms with Crippen molar-refractivity contribution in [3.63, 3.8) is 0 Å². The van der Waals surface area contributed by atoms with E-state index in [0.717, 1.165) is 36.4 Å². The number of rotatable bonds is 4. The van der Waals surface area contributed by atoms with Crippen molar-refractivity contribution in [2.45, 2.75) is 33.2 Å². The first-order valence-electron chi connectivity index (χ1n) is 7.77. The van der Waals surface area contributed by atoms with Crippen molar-refractivity contribution in [2.75, 3.05) is 19.8 Å². The van der Waals surface area contributed by atoms with Crippen LogP contribution in [-0.2, 0) is 4.74 Å². The maximum absolute atomic E-state index is 12.4. The summed E-state index contributed by atoms with van der Waals surface area (Å²) in [4.78, 5) is 17.0. The van der Waals surface area contributed by atoms with Gasteiger partial charge in [-0.25, -0.2) is 9.67 Å². The molecule has 0 bridgehead atoms. The summed E-state index contributed by atoms with van der Waals surface area (Å²) in [5.41, 5.74) is 2.18. The number of amides is 1. The Hall–Kier alpha value is -1.95. The largest absolute Gasteiger partial charge is 0.381 e. The lowest BCUT2D eigenvalue weighted by atomic mass is 10.1. The van der Waals surface area contributed by atoms with Gasteiger partial charge in [-0.1, -0.05) is 0 Å². The fraction of sp³-hybridized carbons (Fsp3) is 0.562. The molecule has 3 heterocycles. The molecule has 0 aromatic carbocycles. The molecule has 0 aliphatic carbocycles. The second-order valence-electron chi connectivity index (χ2n) is 6.16. The number of hydrogen-bond donors (Lipinski definition) is 1. The Morgan fingerprint density at radius 2 is 2.36 bits per heavy atom. The predicted molar refractivity (Wildman–Crippen MR) is 83.9 cm³/mol. The second kappa shape index (κ2) is 6.04. The van der Waals surface area contributed by atoms with Crippen LogP contribution in [0.4, 0.5) is 0 Å². The van der Waals surface area contributed by atoms with Crippen molar-refractivity contribution in [1.82, 2.24) is 20.1 Å². The number of ether oxygens (including phenoxy) is 1. The molecule has 1 aliphatic heterocycles. The van der Waals surface area contributed by atoms with Crippen molar-refractivity contribution in [2.24, 2.45) is 5.92 Å². The van der Waals surface area contributed by atoms with Gasteiger partial charge in [0.25, 0.3) is 5.91 Å². The molecular weight excluding hydrogens is 280 g/mol. The van der Waals surface area contributed by atoms with Crippen LogP contribution in [0.1, 0.15) is 42.4 Å². The summed E-state index contributed by atoms with van der Waals surface area (Å²) in [5, 5.41) is 8.24. The van der Waals surface area contributed by atoms with Gasteiger partial charge in [0.05, 0.1) is 24.1 Å². The standard InChI is InChI=1S/C16H22N4O2/c1-10(2)20-15-13(8-18-20)6-14(11(3)19-15)16(21)17-7-12-4-5-22-9-12/h6,8,10,12H,4-5,7,9H2,1-3H3,(H,17,21). The molecule has 0 radical (unpaired) electrons. The average Bonchev–Trinajstić information content (AvgIpc) is 3.12. The van der Waals surface area contributed by atoms with Crippen molar-refractivity contribution in [3.8, 4) is 0 Å². The quantitative estimate of drug-likeness (QED) is 0.939. The number of hydrogen-bond acceptors (Lipinski definition) is 4. The lowest BCUT2D eigenvalue weighted by Crippen LogP contribution is -2.30. The van der Waals surface area contributed by atoms with E-state index in [2.05, 4.69) is 29.2 Å². The molecule has 1 unspecified atom stereocenters. The van der Waals surface area contributed by atoms with Crippen LogP contribution >= 0.6 is 0 Å². The molecule has 1 aliphatic rings. The van der Waals surface area contributed by atoms with E-state index in [-0.39, 0.29) is 11.9 Å². The van der Waals surface area contributed by atoms with Gasteiger partial charge in [0.1, 0.15) is 0 Å². The summed E-state index contributed by atoms with van der Waals surface area (Å²) >= 11 is 0. The number of aryl methyl sites for hydroxylation is 1. The van der Waals surface area contributed by atoms with Gasteiger partial charge in [0.2, 0.25) is 0 Å². The van der Waals surface area contributed by atoms with Gasteiger partial charge in [0, 0.05) is 30.5 Å². The van der Waals surface area contributed by atoms with Crippen LogP contribution in [0, 0.1) is 12.8 Å². The van der Waals surface area contributed by atoms with E-state index in [4.69, 9.17) is 4.74 Å². The Morgan fingerprint density at radius 1 is 1.55 bits per heavy atom. The van der Waals surface area contributed by atoms with E-state index in [9.17, 15) is 4.79 Å². The summed E-state index contributed by atoms with van der Waals surface area (Å²) < 4.78 is 7.20. The zero-order valence-electron chi connectivity index (χ0n) is 13.3. The van der Waals surface area contributed by atoms with Gasteiger partial charge >= 0.3 is 0 Å². The second-order valence-corrected chi connectivity index (χ2v) is 6.16. The Bertz CT molecular complexity index is 687. The zero-order chi connectivity index (χ0) is 15.7. The fourth-order valence-electron chi connectivity index (χ4n) is 2.75. The molecule has 1 fully saturated rings. The van der Waals surface area contributed by atoms with Gasteiger partial charge in [-0.2, -0.15) is 5.10 Å². The van der Waals surface area contributed by atoms with Crippen LogP contribution in [0.2, 0.25) is 0 Å². The van der Waals surface area contributed by atoms with E-state index in [0.29, 0.717) is 18.0 Å². The highest BCUT2D eigenvalue weighted by molar-refractivity contribution is 5.98. The number of aromatic nitrogens is 3.